The molecule has 6 heteroatoms. The van der Waals surface area contributed by atoms with Crippen LogP contribution < -0.4 is 5.56 Å². The van der Waals surface area contributed by atoms with Crippen LogP contribution in [-0.2, 0) is 0 Å². The molecule has 1 aliphatic heterocycles. The number of nitrogens with zero attached hydrogens (tertiary/aromatic N) is 2. The number of hydrogen-bond acceptors (Lipinski definition) is 3. The van der Waals surface area contributed by atoms with Crippen LogP contribution in [-0.4, -0.2) is 32.5 Å². The van der Waals surface area contributed by atoms with E-state index in [-0.39, 0.29) is 17.5 Å². The number of likely N-dealkylation sites (tertiary alicyclic amines) is 1. The lowest BCUT2D eigenvalue weighted by atomic mass is 10.1. The van der Waals surface area contributed by atoms with Crippen molar-refractivity contribution >= 4 is 5.91 Å². The molecule has 3 rings (SSSR count). The maximum Gasteiger partial charge on any atom is 0.270 e. The zero-order chi connectivity index (χ0) is 13.2. The van der Waals surface area contributed by atoms with Crippen LogP contribution in [0.5, 0.6) is 0 Å². The van der Waals surface area contributed by atoms with Gasteiger partial charge in [0.2, 0.25) is 5.56 Å². The van der Waals surface area contributed by atoms with Crippen LogP contribution in [0.3, 0.4) is 0 Å². The van der Waals surface area contributed by atoms with Crippen LogP contribution in [0.25, 0.3) is 0 Å². The van der Waals surface area contributed by atoms with E-state index in [1.165, 1.54) is 6.07 Å². The zero-order valence-corrected chi connectivity index (χ0v) is 10.3. The van der Waals surface area contributed by atoms with Gasteiger partial charge in [0.15, 0.2) is 0 Å². The Kier molecular flexibility index (Phi) is 2.91. The number of aromatic amines is 2. The third-order valence-electron chi connectivity index (χ3n) is 3.39. The number of pyridine rings is 1. The molecule has 1 atom stereocenters. The maximum atomic E-state index is 12.4. The van der Waals surface area contributed by atoms with Crippen molar-refractivity contribution in [3.05, 3.63) is 52.2 Å². The van der Waals surface area contributed by atoms with Gasteiger partial charge in [0, 0.05) is 18.8 Å². The van der Waals surface area contributed by atoms with Crippen molar-refractivity contribution in [2.45, 2.75) is 18.9 Å². The van der Waals surface area contributed by atoms with Gasteiger partial charge in [0.25, 0.3) is 5.91 Å². The van der Waals surface area contributed by atoms with Crippen LogP contribution in [0.2, 0.25) is 0 Å². The van der Waals surface area contributed by atoms with Crippen LogP contribution in [0.15, 0.2) is 35.3 Å². The molecule has 3 heterocycles. The molecule has 0 aromatic carbocycles. The van der Waals surface area contributed by atoms with E-state index in [2.05, 4.69) is 15.2 Å². The largest absolute Gasteiger partial charge is 0.329 e. The van der Waals surface area contributed by atoms with Gasteiger partial charge in [-0.1, -0.05) is 6.07 Å². The number of carbonyl (C=O) groups is 1. The number of hydrogen-bond donors (Lipinski definition) is 2. The predicted octanol–water partition coefficient (Wildman–Crippen LogP) is 1.08. The first-order valence-corrected chi connectivity index (χ1v) is 6.25. The molecule has 98 valence electrons. The summed E-state index contributed by atoms with van der Waals surface area (Å²) in [6.45, 7) is 0.694. The topological polar surface area (TPSA) is 81.8 Å². The molecule has 1 fully saturated rings. The summed E-state index contributed by atoms with van der Waals surface area (Å²) in [6, 6.07) is 6.51. The fourth-order valence-electron chi connectivity index (χ4n) is 2.51. The third-order valence-corrected chi connectivity index (χ3v) is 3.39. The number of rotatable bonds is 2. The fourth-order valence-corrected chi connectivity index (χ4v) is 2.51. The first-order valence-electron chi connectivity index (χ1n) is 6.25. The maximum absolute atomic E-state index is 12.4. The van der Waals surface area contributed by atoms with Gasteiger partial charge in [-0.2, -0.15) is 5.10 Å². The molecule has 2 aromatic heterocycles. The SMILES string of the molecule is O=C(c1cccc(=O)[nH]1)N1CCCC1c1ccn[nH]1. The first-order chi connectivity index (χ1) is 9.25. The lowest BCUT2D eigenvalue weighted by molar-refractivity contribution is 0.0726. The summed E-state index contributed by atoms with van der Waals surface area (Å²) in [7, 11) is 0. The normalized spacial score (nSPS) is 18.7. The van der Waals surface area contributed by atoms with E-state index in [0.29, 0.717) is 12.2 Å². The molecule has 1 unspecified atom stereocenters. The fraction of sp³-hybridized carbons (Fsp3) is 0.308. The van der Waals surface area contributed by atoms with Gasteiger partial charge >= 0.3 is 0 Å². The second-order valence-electron chi connectivity index (χ2n) is 4.60. The standard InChI is InChI=1S/C13H14N4O2/c18-12-5-1-3-10(15-12)13(19)17-8-2-4-11(17)9-6-7-14-16-9/h1,3,5-7,11H,2,4,8H2,(H,14,16)(H,15,18). The summed E-state index contributed by atoms with van der Waals surface area (Å²) >= 11 is 0. The number of nitrogens with one attached hydrogen (secondary N) is 2. The molecule has 1 saturated heterocycles. The number of aromatic nitrogens is 3. The van der Waals surface area contributed by atoms with Gasteiger partial charge in [-0.25, -0.2) is 0 Å². The molecule has 0 bridgehead atoms. The molecule has 0 saturated carbocycles. The lowest BCUT2D eigenvalue weighted by Gasteiger charge is -2.23. The van der Waals surface area contributed by atoms with Crippen LogP contribution in [0, 0.1) is 0 Å². The molecule has 1 aliphatic rings. The van der Waals surface area contributed by atoms with E-state index in [9.17, 15) is 9.59 Å². The summed E-state index contributed by atoms with van der Waals surface area (Å²) in [5.74, 6) is -0.144. The Bertz CT molecular complexity index is 632. The van der Waals surface area contributed by atoms with Crippen molar-refractivity contribution < 1.29 is 4.79 Å². The van der Waals surface area contributed by atoms with Gasteiger partial charge in [-0.15, -0.1) is 0 Å². The predicted molar refractivity (Wildman–Crippen MR) is 68.7 cm³/mol. The Morgan fingerprint density at radius 2 is 2.26 bits per heavy atom. The van der Waals surface area contributed by atoms with Crippen molar-refractivity contribution in [1.29, 1.82) is 0 Å². The second kappa shape index (κ2) is 4.72. The van der Waals surface area contributed by atoms with Crippen LogP contribution >= 0.6 is 0 Å². The first kappa shape index (κ1) is 11.7. The van der Waals surface area contributed by atoms with Crippen molar-refractivity contribution in [2.75, 3.05) is 6.54 Å². The average molecular weight is 258 g/mol. The molecule has 1 amide bonds. The molecule has 2 N–H and O–H groups in total. The van der Waals surface area contributed by atoms with E-state index in [1.54, 1.807) is 23.2 Å². The van der Waals surface area contributed by atoms with Gasteiger partial charge in [-0.3, -0.25) is 14.7 Å². The minimum Gasteiger partial charge on any atom is -0.329 e. The van der Waals surface area contributed by atoms with E-state index in [1.807, 2.05) is 6.07 Å². The van der Waals surface area contributed by atoms with Crippen molar-refractivity contribution in [3.8, 4) is 0 Å². The Labute approximate surface area is 109 Å². The average Bonchev–Trinajstić information content (AvgIpc) is 3.08. The van der Waals surface area contributed by atoms with Gasteiger partial charge < -0.3 is 9.88 Å². The third kappa shape index (κ3) is 2.16. The van der Waals surface area contributed by atoms with E-state index in [0.717, 1.165) is 18.5 Å². The van der Waals surface area contributed by atoms with Crippen LogP contribution in [0.4, 0.5) is 0 Å². The van der Waals surface area contributed by atoms with Gasteiger partial charge in [0.1, 0.15) is 5.69 Å². The van der Waals surface area contributed by atoms with Crippen molar-refractivity contribution in [2.24, 2.45) is 0 Å². The quantitative estimate of drug-likeness (QED) is 0.845. The van der Waals surface area contributed by atoms with E-state index in [4.69, 9.17) is 0 Å². The summed E-state index contributed by atoms with van der Waals surface area (Å²) in [4.78, 5) is 28.1. The summed E-state index contributed by atoms with van der Waals surface area (Å²) in [5.41, 5.74) is 1.01. The van der Waals surface area contributed by atoms with Gasteiger partial charge in [0.05, 0.1) is 11.7 Å². The highest BCUT2D eigenvalue weighted by Gasteiger charge is 2.31. The molecule has 6 nitrogen and oxygen atoms in total. The van der Waals surface area contributed by atoms with Crippen LogP contribution in [0.1, 0.15) is 35.1 Å². The van der Waals surface area contributed by atoms with Gasteiger partial charge in [-0.05, 0) is 25.0 Å². The number of carbonyl (C=O) groups excluding carboxylic acids is 1. The molecule has 2 aromatic rings. The molecule has 19 heavy (non-hydrogen) atoms. The Morgan fingerprint density at radius 3 is 3.00 bits per heavy atom. The Balaban J connectivity index is 1.89. The smallest absolute Gasteiger partial charge is 0.270 e. The minimum atomic E-state index is -0.261. The number of H-pyrrole nitrogens is 2. The lowest BCUT2D eigenvalue weighted by Crippen LogP contribution is -2.32. The van der Waals surface area contributed by atoms with Crippen molar-refractivity contribution in [1.82, 2.24) is 20.1 Å². The minimum absolute atomic E-state index is 0.0127. The molecule has 0 aliphatic carbocycles. The number of amides is 1. The highest BCUT2D eigenvalue weighted by atomic mass is 16.2. The Hall–Kier alpha value is -2.37. The molecule has 0 spiro atoms. The van der Waals surface area contributed by atoms with Crippen molar-refractivity contribution in [3.63, 3.8) is 0 Å². The molecule has 0 radical (unpaired) electrons. The zero-order valence-electron chi connectivity index (χ0n) is 10.3. The second-order valence-corrected chi connectivity index (χ2v) is 4.60. The molecular weight excluding hydrogens is 244 g/mol. The monoisotopic (exact) mass is 258 g/mol. The van der Waals surface area contributed by atoms with E-state index < -0.39 is 0 Å². The van der Waals surface area contributed by atoms with E-state index >= 15 is 0 Å². The molecular formula is C13H14N4O2. The summed E-state index contributed by atoms with van der Waals surface area (Å²) in [5, 5.41) is 6.84. The highest BCUT2D eigenvalue weighted by Crippen LogP contribution is 2.31. The summed E-state index contributed by atoms with van der Waals surface area (Å²) < 4.78 is 0. The highest BCUT2D eigenvalue weighted by molar-refractivity contribution is 5.92. The Morgan fingerprint density at radius 1 is 1.37 bits per heavy atom. The summed E-state index contributed by atoms with van der Waals surface area (Å²) in [6.07, 6.45) is 3.54.